The first-order valence-corrected chi connectivity index (χ1v) is 8.82. The van der Waals surface area contributed by atoms with E-state index in [1.165, 1.54) is 31.2 Å². The number of hydrogen-bond donors (Lipinski definition) is 0. The molecule has 30 heavy (non-hydrogen) atoms. The minimum atomic E-state index is -5.11. The second-order valence-electron chi connectivity index (χ2n) is 6.82. The molecule has 0 fully saturated rings. The van der Waals surface area contributed by atoms with Gasteiger partial charge >= 0.3 is 12.1 Å². The van der Waals surface area contributed by atoms with E-state index in [2.05, 4.69) is 5.10 Å². The molecule has 0 saturated heterocycles. The monoisotopic (exact) mass is 421 g/mol. The van der Waals surface area contributed by atoms with Gasteiger partial charge < -0.3 is 9.47 Å². The van der Waals surface area contributed by atoms with Gasteiger partial charge in [0, 0.05) is 23.3 Å². The number of amides is 1. The highest BCUT2D eigenvalue weighted by atomic mass is 19.4. The van der Waals surface area contributed by atoms with Crippen molar-refractivity contribution in [2.75, 3.05) is 6.79 Å². The van der Waals surface area contributed by atoms with Crippen LogP contribution >= 0.6 is 0 Å². The number of hydrazone groups is 1. The van der Waals surface area contributed by atoms with Crippen LogP contribution in [0.2, 0.25) is 0 Å². The molecule has 11 heteroatoms. The van der Waals surface area contributed by atoms with Crippen LogP contribution in [-0.4, -0.2) is 40.6 Å². The molecule has 156 valence electrons. The van der Waals surface area contributed by atoms with E-state index in [1.807, 2.05) is 0 Å². The summed E-state index contributed by atoms with van der Waals surface area (Å²) in [5.41, 5.74) is 1.27. The highest BCUT2D eigenvalue weighted by Crippen LogP contribution is 2.38. The first-order valence-electron chi connectivity index (χ1n) is 8.82. The van der Waals surface area contributed by atoms with Crippen LogP contribution in [0.5, 0.6) is 11.5 Å². The molecule has 2 aromatic rings. The summed E-state index contributed by atoms with van der Waals surface area (Å²) in [4.78, 5) is 22.4. The number of rotatable bonds is 2. The van der Waals surface area contributed by atoms with Gasteiger partial charge in [-0.3, -0.25) is 14.9 Å². The van der Waals surface area contributed by atoms with Crippen LogP contribution in [-0.2, 0) is 11.2 Å². The fourth-order valence-corrected chi connectivity index (χ4v) is 3.37. The largest absolute Gasteiger partial charge is 0.473 e. The Morgan fingerprint density at radius 2 is 1.83 bits per heavy atom. The minimum Gasteiger partial charge on any atom is -0.454 e. The lowest BCUT2D eigenvalue weighted by molar-refractivity contribution is -0.384. The molecular formula is C19H14F3N3O5. The number of halogens is 3. The molecule has 0 bridgehead atoms. The summed E-state index contributed by atoms with van der Waals surface area (Å²) in [6.45, 7) is 1.47. The maximum absolute atomic E-state index is 13.2. The Balaban J connectivity index is 1.89. The summed E-state index contributed by atoms with van der Waals surface area (Å²) in [5, 5.41) is 15.4. The highest BCUT2D eigenvalue weighted by molar-refractivity contribution is 6.14. The number of non-ortho nitro benzene ring substituents is 1. The van der Waals surface area contributed by atoms with Crippen LogP contribution in [0.25, 0.3) is 0 Å². The average molecular weight is 421 g/mol. The number of nitro groups is 1. The van der Waals surface area contributed by atoms with Gasteiger partial charge in [-0.1, -0.05) is 0 Å². The molecule has 2 aromatic carbocycles. The van der Waals surface area contributed by atoms with E-state index < -0.39 is 23.0 Å². The summed E-state index contributed by atoms with van der Waals surface area (Å²) in [6.07, 6.45) is -5.02. The lowest BCUT2D eigenvalue weighted by Gasteiger charge is -2.24. The Kier molecular flexibility index (Phi) is 4.60. The predicted octanol–water partition coefficient (Wildman–Crippen LogP) is 3.41. The van der Waals surface area contributed by atoms with Crippen molar-refractivity contribution in [1.29, 1.82) is 0 Å². The molecule has 0 spiro atoms. The van der Waals surface area contributed by atoms with Crippen molar-refractivity contribution in [3.8, 4) is 11.5 Å². The van der Waals surface area contributed by atoms with Crippen LogP contribution in [0.4, 0.5) is 18.9 Å². The second-order valence-corrected chi connectivity index (χ2v) is 6.82. The molecule has 8 nitrogen and oxygen atoms in total. The molecule has 0 aromatic heterocycles. The standard InChI is InChI=1S/C19H14F3N3O5/c1-10-6-12-7-15-16(30-9-29-15)8-14(12)17(23-24(10)18(26)19(20,21)22)11-2-4-13(5-3-11)25(27)28/h2-5,7-8,10H,6,9H2,1H3. The van der Waals surface area contributed by atoms with Crippen LogP contribution < -0.4 is 9.47 Å². The van der Waals surface area contributed by atoms with Gasteiger partial charge in [0.25, 0.3) is 5.69 Å². The molecule has 1 unspecified atom stereocenters. The van der Waals surface area contributed by atoms with Crippen molar-refractivity contribution in [3.05, 3.63) is 63.2 Å². The maximum Gasteiger partial charge on any atom is 0.473 e. The lowest BCUT2D eigenvalue weighted by atomic mass is 9.94. The van der Waals surface area contributed by atoms with Gasteiger partial charge in [-0.25, -0.2) is 5.01 Å². The molecule has 0 saturated carbocycles. The normalized spacial score (nSPS) is 17.8. The zero-order chi connectivity index (χ0) is 21.6. The average Bonchev–Trinajstić information content (AvgIpc) is 3.09. The smallest absolute Gasteiger partial charge is 0.454 e. The van der Waals surface area contributed by atoms with E-state index in [9.17, 15) is 28.1 Å². The lowest BCUT2D eigenvalue weighted by Crippen LogP contribution is -2.43. The zero-order valence-corrected chi connectivity index (χ0v) is 15.5. The van der Waals surface area contributed by atoms with Gasteiger partial charge in [0.15, 0.2) is 11.5 Å². The minimum absolute atomic E-state index is 0.0104. The van der Waals surface area contributed by atoms with Crippen molar-refractivity contribution < 1.29 is 32.4 Å². The fraction of sp³-hybridized carbons (Fsp3) is 0.263. The van der Waals surface area contributed by atoms with E-state index in [4.69, 9.17) is 9.47 Å². The number of ether oxygens (including phenoxy) is 2. The summed E-state index contributed by atoms with van der Waals surface area (Å²) in [7, 11) is 0. The van der Waals surface area contributed by atoms with Crippen LogP contribution in [0.3, 0.4) is 0 Å². The molecule has 2 aliphatic rings. The number of hydrogen-bond acceptors (Lipinski definition) is 6. The Morgan fingerprint density at radius 3 is 2.43 bits per heavy atom. The SMILES string of the molecule is CC1Cc2cc3c(cc2C(c2ccc([N+](=O)[O-])cc2)=NN1C(=O)C(F)(F)F)OCO3. The number of fused-ring (bicyclic) bond motifs is 2. The number of nitro benzene ring substituents is 1. The number of benzene rings is 2. The van der Waals surface area contributed by atoms with Gasteiger partial charge in [0.1, 0.15) is 0 Å². The molecule has 4 rings (SSSR count). The molecule has 1 amide bonds. The molecular weight excluding hydrogens is 407 g/mol. The van der Waals surface area contributed by atoms with Gasteiger partial charge in [-0.05, 0) is 43.2 Å². The van der Waals surface area contributed by atoms with Crippen LogP contribution in [0.15, 0.2) is 41.5 Å². The number of nitrogens with zero attached hydrogens (tertiary/aromatic N) is 3. The van der Waals surface area contributed by atoms with Gasteiger partial charge in [0.2, 0.25) is 6.79 Å². The Bertz CT molecular complexity index is 1070. The van der Waals surface area contributed by atoms with Gasteiger partial charge in [0.05, 0.1) is 16.7 Å². The quantitative estimate of drug-likeness (QED) is 0.547. The van der Waals surface area contributed by atoms with Gasteiger partial charge in [-0.2, -0.15) is 18.3 Å². The van der Waals surface area contributed by atoms with Crippen LogP contribution in [0.1, 0.15) is 23.6 Å². The topological polar surface area (TPSA) is 94.3 Å². The third-order valence-electron chi connectivity index (χ3n) is 4.80. The van der Waals surface area contributed by atoms with Crippen molar-refractivity contribution in [2.45, 2.75) is 25.6 Å². The van der Waals surface area contributed by atoms with Gasteiger partial charge in [-0.15, -0.1) is 0 Å². The van der Waals surface area contributed by atoms with E-state index in [1.54, 1.807) is 12.1 Å². The Labute approximate surface area is 167 Å². The summed E-state index contributed by atoms with van der Waals surface area (Å²) < 4.78 is 50.2. The summed E-state index contributed by atoms with van der Waals surface area (Å²) >= 11 is 0. The first-order chi connectivity index (χ1) is 14.1. The maximum atomic E-state index is 13.2. The van der Waals surface area contributed by atoms with Crippen molar-refractivity contribution in [2.24, 2.45) is 5.10 Å². The predicted molar refractivity (Wildman–Crippen MR) is 97.4 cm³/mol. The molecule has 1 atom stereocenters. The Hall–Kier alpha value is -3.63. The van der Waals surface area contributed by atoms with E-state index in [0.29, 0.717) is 33.2 Å². The number of carbonyl (C=O) groups excluding carboxylic acids is 1. The Morgan fingerprint density at radius 1 is 1.20 bits per heavy atom. The fourth-order valence-electron chi connectivity index (χ4n) is 3.37. The summed E-state index contributed by atoms with van der Waals surface area (Å²) in [6, 6.07) is 7.52. The van der Waals surface area contributed by atoms with Crippen molar-refractivity contribution in [3.63, 3.8) is 0 Å². The molecule has 2 aliphatic heterocycles. The second kappa shape index (κ2) is 7.01. The van der Waals surface area contributed by atoms with E-state index in [-0.39, 0.29) is 24.6 Å². The van der Waals surface area contributed by atoms with Crippen LogP contribution in [0, 0.1) is 10.1 Å². The zero-order valence-electron chi connectivity index (χ0n) is 15.5. The summed E-state index contributed by atoms with van der Waals surface area (Å²) in [5.74, 6) is -1.26. The molecule has 0 N–H and O–H groups in total. The number of alkyl halides is 3. The van der Waals surface area contributed by atoms with Crippen molar-refractivity contribution in [1.82, 2.24) is 5.01 Å². The van der Waals surface area contributed by atoms with Crippen molar-refractivity contribution >= 4 is 17.3 Å². The highest BCUT2D eigenvalue weighted by Gasteiger charge is 2.45. The van der Waals surface area contributed by atoms with E-state index in [0.717, 1.165) is 0 Å². The molecule has 0 radical (unpaired) electrons. The number of carbonyl (C=O) groups is 1. The molecule has 2 heterocycles. The first kappa shape index (κ1) is 19.7. The third-order valence-corrected chi connectivity index (χ3v) is 4.80. The third kappa shape index (κ3) is 3.42. The molecule has 0 aliphatic carbocycles. The van der Waals surface area contributed by atoms with E-state index >= 15 is 0 Å².